The molecule has 0 saturated carbocycles. The summed E-state index contributed by atoms with van der Waals surface area (Å²) in [5, 5.41) is 9.01. The Bertz CT molecular complexity index is 844. The third-order valence-corrected chi connectivity index (χ3v) is 4.13. The molecule has 0 fully saturated rings. The van der Waals surface area contributed by atoms with Crippen LogP contribution in [0.2, 0.25) is 0 Å². The van der Waals surface area contributed by atoms with Crippen molar-refractivity contribution in [2.45, 2.75) is 32.9 Å². The minimum atomic E-state index is -4.54. The predicted octanol–water partition coefficient (Wildman–Crippen LogP) is 5.81. The second-order valence-electron chi connectivity index (χ2n) is 6.23. The molecule has 0 aromatic heterocycles. The molecule has 2 nitrogen and oxygen atoms in total. The maximum atomic E-state index is 13.7. The lowest BCUT2D eigenvalue weighted by Gasteiger charge is -2.19. The quantitative estimate of drug-likeness (QED) is 0.694. The van der Waals surface area contributed by atoms with Gasteiger partial charge in [0.1, 0.15) is 5.82 Å². The summed E-state index contributed by atoms with van der Waals surface area (Å²) >= 11 is 0. The van der Waals surface area contributed by atoms with Crippen LogP contribution < -0.4 is 0 Å². The highest BCUT2D eigenvalue weighted by Crippen LogP contribution is 2.37. The van der Waals surface area contributed by atoms with Crippen molar-refractivity contribution in [1.82, 2.24) is 0 Å². The number of hydrogen-bond donors (Lipinski definition) is 1. The summed E-state index contributed by atoms with van der Waals surface area (Å²) < 4.78 is 54.2. The smallest absolute Gasteiger partial charge is 0.399 e. The Hall–Kier alpha value is -2.63. The normalized spacial score (nSPS) is 13.2. The lowest BCUT2D eigenvalue weighted by molar-refractivity contribution is -0.139. The van der Waals surface area contributed by atoms with E-state index in [1.807, 2.05) is 0 Å². The number of benzene rings is 2. The summed E-state index contributed by atoms with van der Waals surface area (Å²) in [7, 11) is 0. The summed E-state index contributed by atoms with van der Waals surface area (Å²) in [5.41, 5.74) is 1.28. The van der Waals surface area contributed by atoms with Gasteiger partial charge in [0, 0.05) is 0 Å². The third-order valence-electron chi connectivity index (χ3n) is 4.13. The molecule has 26 heavy (non-hydrogen) atoms. The van der Waals surface area contributed by atoms with Crippen LogP contribution in [0, 0.1) is 26.6 Å². The Morgan fingerprint density at radius 1 is 1.04 bits per heavy atom. The minimum absolute atomic E-state index is 0.0379. The van der Waals surface area contributed by atoms with Crippen molar-refractivity contribution in [1.29, 1.82) is 0 Å². The lowest BCUT2D eigenvalue weighted by atomic mass is 9.93. The first kappa shape index (κ1) is 19.7. The molecule has 0 aliphatic rings. The van der Waals surface area contributed by atoms with E-state index in [4.69, 9.17) is 5.11 Å². The van der Waals surface area contributed by atoms with Crippen molar-refractivity contribution in [3.8, 4) is 0 Å². The Kier molecular flexibility index (Phi) is 5.54. The molecule has 1 N–H and O–H groups in total. The third kappa shape index (κ3) is 4.31. The van der Waals surface area contributed by atoms with Gasteiger partial charge in [-0.2, -0.15) is 13.2 Å². The topological polar surface area (TPSA) is 37.3 Å². The zero-order valence-electron chi connectivity index (χ0n) is 14.5. The van der Waals surface area contributed by atoms with Crippen molar-refractivity contribution < 1.29 is 27.5 Å². The van der Waals surface area contributed by atoms with Crippen molar-refractivity contribution in [2.24, 2.45) is 0 Å². The summed E-state index contributed by atoms with van der Waals surface area (Å²) in [6.45, 7) is 4.43. The zero-order chi connectivity index (χ0) is 19.6. The number of carboxylic acids is 1. The molecule has 2 aromatic carbocycles. The fourth-order valence-electron chi connectivity index (χ4n) is 2.81. The van der Waals surface area contributed by atoms with Crippen LogP contribution in [0.4, 0.5) is 17.6 Å². The standard InChI is InChI=1S/C20H18F4O2/c1-11-8-14(4-6-16(11)19(25)26)5-7-17(20(22,23)24)15-9-12(2)18(21)13(3)10-15/h4-10,17H,1-3H3,(H,25,26)/b7-5+. The number of halogens is 4. The molecule has 0 spiro atoms. The maximum absolute atomic E-state index is 13.7. The fraction of sp³-hybridized carbons (Fsp3) is 0.250. The first-order chi connectivity index (χ1) is 12.0. The number of allylic oxidation sites excluding steroid dienone is 1. The van der Waals surface area contributed by atoms with Gasteiger partial charge in [-0.05, 0) is 54.7 Å². The van der Waals surface area contributed by atoms with E-state index in [1.54, 1.807) is 6.92 Å². The van der Waals surface area contributed by atoms with Gasteiger partial charge in [0.25, 0.3) is 0 Å². The molecule has 0 heterocycles. The van der Waals surface area contributed by atoms with Crippen molar-refractivity contribution in [2.75, 3.05) is 0 Å². The van der Waals surface area contributed by atoms with Gasteiger partial charge >= 0.3 is 12.1 Å². The monoisotopic (exact) mass is 366 g/mol. The van der Waals surface area contributed by atoms with Crippen LogP contribution in [-0.2, 0) is 0 Å². The molecular weight excluding hydrogens is 348 g/mol. The number of aromatic carboxylic acids is 1. The first-order valence-corrected chi connectivity index (χ1v) is 7.86. The number of alkyl halides is 3. The highest BCUT2D eigenvalue weighted by Gasteiger charge is 2.39. The fourth-order valence-corrected chi connectivity index (χ4v) is 2.81. The van der Waals surface area contributed by atoms with E-state index >= 15 is 0 Å². The van der Waals surface area contributed by atoms with E-state index in [0.717, 1.165) is 6.08 Å². The maximum Gasteiger partial charge on any atom is 0.399 e. The van der Waals surface area contributed by atoms with Crippen molar-refractivity contribution >= 4 is 12.0 Å². The van der Waals surface area contributed by atoms with Crippen LogP contribution in [0.5, 0.6) is 0 Å². The number of rotatable bonds is 4. The van der Waals surface area contributed by atoms with Crippen LogP contribution in [0.25, 0.3) is 6.08 Å². The molecule has 1 atom stereocenters. The largest absolute Gasteiger partial charge is 0.478 e. The molecule has 2 aromatic rings. The van der Waals surface area contributed by atoms with E-state index in [9.17, 15) is 22.4 Å². The Morgan fingerprint density at radius 2 is 1.62 bits per heavy atom. The molecule has 6 heteroatoms. The van der Waals surface area contributed by atoms with Crippen LogP contribution in [0.3, 0.4) is 0 Å². The van der Waals surface area contributed by atoms with E-state index in [2.05, 4.69) is 0 Å². The van der Waals surface area contributed by atoms with Crippen LogP contribution in [0.15, 0.2) is 36.4 Å². The van der Waals surface area contributed by atoms with Crippen molar-refractivity contribution in [3.05, 3.63) is 75.6 Å². The van der Waals surface area contributed by atoms with Crippen LogP contribution >= 0.6 is 0 Å². The van der Waals surface area contributed by atoms with E-state index < -0.39 is 23.9 Å². The second-order valence-corrected chi connectivity index (χ2v) is 6.23. The Morgan fingerprint density at radius 3 is 2.08 bits per heavy atom. The van der Waals surface area contributed by atoms with Crippen molar-refractivity contribution in [3.63, 3.8) is 0 Å². The molecule has 1 unspecified atom stereocenters. The van der Waals surface area contributed by atoms with Crippen LogP contribution in [0.1, 0.15) is 44.1 Å². The first-order valence-electron chi connectivity index (χ1n) is 7.86. The van der Waals surface area contributed by atoms with Crippen LogP contribution in [-0.4, -0.2) is 17.3 Å². The molecule has 0 bridgehead atoms. The molecule has 138 valence electrons. The SMILES string of the molecule is Cc1cc(/C=C/C(c2cc(C)c(F)c(C)c2)C(F)(F)F)ccc1C(=O)O. The van der Waals surface area contributed by atoms with Gasteiger partial charge in [-0.3, -0.25) is 0 Å². The molecule has 0 aliphatic carbocycles. The number of hydrogen-bond acceptors (Lipinski definition) is 1. The van der Waals surface area contributed by atoms with E-state index in [-0.39, 0.29) is 22.3 Å². The van der Waals surface area contributed by atoms with E-state index in [0.29, 0.717) is 11.1 Å². The number of carboxylic acid groups (broad SMARTS) is 1. The highest BCUT2D eigenvalue weighted by atomic mass is 19.4. The predicted molar refractivity (Wildman–Crippen MR) is 91.8 cm³/mol. The van der Waals surface area contributed by atoms with Gasteiger partial charge in [0.2, 0.25) is 0 Å². The molecule has 0 aliphatic heterocycles. The average molecular weight is 366 g/mol. The molecule has 2 rings (SSSR count). The average Bonchev–Trinajstić information content (AvgIpc) is 2.51. The number of aryl methyl sites for hydroxylation is 3. The molecule has 0 amide bonds. The molecular formula is C20H18F4O2. The van der Waals surface area contributed by atoms with Gasteiger partial charge in [0.15, 0.2) is 0 Å². The van der Waals surface area contributed by atoms with Gasteiger partial charge in [-0.1, -0.05) is 36.4 Å². The Balaban J connectivity index is 2.42. The van der Waals surface area contributed by atoms with E-state index in [1.165, 1.54) is 50.3 Å². The summed E-state index contributed by atoms with van der Waals surface area (Å²) in [6, 6.07) is 6.70. The zero-order valence-corrected chi connectivity index (χ0v) is 14.5. The number of carbonyl (C=O) groups is 1. The Labute approximate surface area is 148 Å². The summed E-state index contributed by atoms with van der Waals surface area (Å²) in [6.07, 6.45) is -2.24. The minimum Gasteiger partial charge on any atom is -0.478 e. The highest BCUT2D eigenvalue weighted by molar-refractivity contribution is 5.89. The van der Waals surface area contributed by atoms with Gasteiger partial charge < -0.3 is 5.11 Å². The summed E-state index contributed by atoms with van der Waals surface area (Å²) in [5.74, 6) is -3.50. The molecule has 0 radical (unpaired) electrons. The van der Waals surface area contributed by atoms with Gasteiger partial charge in [-0.25, -0.2) is 9.18 Å². The van der Waals surface area contributed by atoms with Gasteiger partial charge in [-0.15, -0.1) is 0 Å². The molecule has 0 saturated heterocycles. The second kappa shape index (κ2) is 7.32. The van der Waals surface area contributed by atoms with Gasteiger partial charge in [0.05, 0.1) is 11.5 Å². The summed E-state index contributed by atoms with van der Waals surface area (Å²) in [4.78, 5) is 11.0. The lowest BCUT2D eigenvalue weighted by Crippen LogP contribution is -2.19.